The predicted octanol–water partition coefficient (Wildman–Crippen LogP) is 13.4. The van der Waals surface area contributed by atoms with Crippen molar-refractivity contribution in [3.05, 3.63) is 120 Å². The molecule has 0 heterocycles. The van der Waals surface area contributed by atoms with Gasteiger partial charge in [0.25, 0.3) is 0 Å². The fraction of sp³-hybridized carbons (Fsp3) is 0.302. The summed E-state index contributed by atoms with van der Waals surface area (Å²) in [6.45, 7) is 25.4. The first kappa shape index (κ1) is 41.6. The topological polar surface area (TPSA) is 0 Å². The molecular formula is C43H54Cl2Si3Zr. The molecule has 49 heavy (non-hydrogen) atoms. The van der Waals surface area contributed by atoms with Crippen LogP contribution in [0.5, 0.6) is 0 Å². The summed E-state index contributed by atoms with van der Waals surface area (Å²) in [4.78, 5) is 0. The number of benzene rings is 4. The van der Waals surface area contributed by atoms with Crippen molar-refractivity contribution in [2.24, 2.45) is 0 Å². The molecule has 0 amide bonds. The Balaban J connectivity index is 0.000000229. The number of halogens is 2. The minimum absolute atomic E-state index is 0.578. The summed E-state index contributed by atoms with van der Waals surface area (Å²) in [5, 5.41) is 8.53. The summed E-state index contributed by atoms with van der Waals surface area (Å²) >= 11 is -0.826. The van der Waals surface area contributed by atoms with Gasteiger partial charge in [-0.05, 0) is 23.5 Å². The summed E-state index contributed by atoms with van der Waals surface area (Å²) in [5.74, 6) is 0.578. The first-order valence-corrected chi connectivity index (χ1v) is 32.7. The van der Waals surface area contributed by atoms with Crippen LogP contribution in [0.4, 0.5) is 0 Å². The number of aryl methyl sites for hydroxylation is 1. The molecule has 0 saturated carbocycles. The SMILES string of the molecule is CC(C)c1cc2c(-c3ccc([Si](C)(C)C)cc3)cccc2[cH-]1.CCc1cc2c(-c3ccc([Si](C)(C)C)cc3)cccc2[cH-]1.C[Si]C.[Cl][Zr+2][Cl]. The van der Waals surface area contributed by atoms with E-state index in [1.54, 1.807) is 0 Å². The van der Waals surface area contributed by atoms with Gasteiger partial charge in [-0.1, -0.05) is 155 Å². The van der Waals surface area contributed by atoms with Crippen LogP contribution in [0.2, 0.25) is 52.4 Å². The second-order valence-electron chi connectivity index (χ2n) is 15.0. The van der Waals surface area contributed by atoms with E-state index in [0.29, 0.717) is 5.92 Å². The fourth-order valence-electron chi connectivity index (χ4n) is 5.90. The molecule has 0 N–H and O–H groups in total. The standard InChI is InChI=1S/C21H25Si.C20H23Si.C2H6Si.2ClH.Zr/c1-15(2)18-13-17-7-6-8-20(21(17)14-18)16-9-11-19(12-10-16)22(3,4)5;1-5-15-13-17-7-6-8-19(20(17)14-15)16-9-11-18(12-10-16)21(2,3)4;1-3-2;;;/h6-15H,1-5H3;6-14H,5H2,1-4H3;1-2H3;2*1H;/q2*-1;;;;+4/p-2. The van der Waals surface area contributed by atoms with Crippen molar-refractivity contribution < 1.29 is 20.8 Å². The first-order valence-electron chi connectivity index (χ1n) is 17.3. The second kappa shape index (κ2) is 19.2. The molecule has 0 atom stereocenters. The van der Waals surface area contributed by atoms with Crippen molar-refractivity contribution in [1.82, 2.24) is 0 Å². The molecule has 0 unspecified atom stereocenters. The van der Waals surface area contributed by atoms with Crippen LogP contribution in [0.15, 0.2) is 109 Å². The molecule has 0 spiro atoms. The van der Waals surface area contributed by atoms with E-state index < -0.39 is 37.0 Å². The molecule has 0 aliphatic rings. The third-order valence-electron chi connectivity index (χ3n) is 8.78. The van der Waals surface area contributed by atoms with Crippen LogP contribution in [-0.4, -0.2) is 25.7 Å². The quantitative estimate of drug-likeness (QED) is 0.116. The van der Waals surface area contributed by atoms with Gasteiger partial charge in [-0.3, -0.25) is 0 Å². The van der Waals surface area contributed by atoms with Gasteiger partial charge < -0.3 is 0 Å². The zero-order chi connectivity index (χ0) is 36.4. The van der Waals surface area contributed by atoms with Crippen LogP contribution < -0.4 is 10.4 Å². The molecule has 0 aromatic heterocycles. The molecule has 6 aromatic rings. The number of fused-ring (bicyclic) bond motifs is 2. The van der Waals surface area contributed by atoms with Gasteiger partial charge in [0.1, 0.15) is 0 Å². The van der Waals surface area contributed by atoms with Gasteiger partial charge in [0.15, 0.2) is 0 Å². The van der Waals surface area contributed by atoms with Crippen molar-refractivity contribution in [2.45, 2.75) is 85.5 Å². The number of hydrogen-bond acceptors (Lipinski definition) is 0. The average Bonchev–Trinajstić information content (AvgIpc) is 3.70. The predicted molar refractivity (Wildman–Crippen MR) is 229 cm³/mol. The molecule has 0 saturated heterocycles. The summed E-state index contributed by atoms with van der Waals surface area (Å²) in [6.07, 6.45) is 1.10. The zero-order valence-electron chi connectivity index (χ0n) is 31.4. The Morgan fingerprint density at radius 3 is 1.39 bits per heavy atom. The van der Waals surface area contributed by atoms with Gasteiger partial charge in [0.05, 0.1) is 16.1 Å². The van der Waals surface area contributed by atoms with Crippen LogP contribution in [0.25, 0.3) is 43.8 Å². The van der Waals surface area contributed by atoms with Gasteiger partial charge in [-0.15, -0.1) is 69.1 Å². The van der Waals surface area contributed by atoms with E-state index in [1.807, 2.05) is 0 Å². The minimum atomic E-state index is -1.22. The Labute approximate surface area is 320 Å². The van der Waals surface area contributed by atoms with E-state index in [9.17, 15) is 0 Å². The van der Waals surface area contributed by atoms with Crippen LogP contribution in [0, 0.1) is 0 Å². The molecule has 0 aliphatic heterocycles. The molecule has 6 heteroatoms. The third kappa shape index (κ3) is 11.6. The van der Waals surface area contributed by atoms with Gasteiger partial charge in [0.2, 0.25) is 0 Å². The number of hydrogen-bond donors (Lipinski definition) is 0. The molecule has 0 bridgehead atoms. The Morgan fingerprint density at radius 1 is 0.633 bits per heavy atom. The number of rotatable bonds is 6. The summed E-state index contributed by atoms with van der Waals surface area (Å²) < 4.78 is 0. The van der Waals surface area contributed by atoms with E-state index in [-0.39, 0.29) is 0 Å². The first-order chi connectivity index (χ1) is 23.2. The van der Waals surface area contributed by atoms with Crippen molar-refractivity contribution >= 4 is 74.6 Å². The van der Waals surface area contributed by atoms with Crippen LogP contribution in [0.1, 0.15) is 37.8 Å². The molecular weight excluding hydrogens is 763 g/mol. The van der Waals surface area contributed by atoms with Crippen molar-refractivity contribution in [1.29, 1.82) is 0 Å². The maximum atomic E-state index is 4.93. The molecule has 2 radical (unpaired) electrons. The zero-order valence-corrected chi connectivity index (χ0v) is 38.4. The summed E-state index contributed by atoms with van der Waals surface area (Å²) in [7, 11) is 8.52. The molecule has 6 rings (SSSR count). The fourth-order valence-corrected chi connectivity index (χ4v) is 8.23. The van der Waals surface area contributed by atoms with Crippen molar-refractivity contribution in [3.8, 4) is 22.3 Å². The average molecular weight is 817 g/mol. The van der Waals surface area contributed by atoms with E-state index in [1.165, 1.54) is 65.3 Å². The Kier molecular flexibility index (Phi) is 16.3. The van der Waals surface area contributed by atoms with Crippen LogP contribution >= 0.6 is 17.0 Å². The van der Waals surface area contributed by atoms with E-state index in [0.717, 1.165) is 15.9 Å². The Bertz CT molecular complexity index is 1870. The van der Waals surface area contributed by atoms with Crippen LogP contribution in [-0.2, 0) is 27.3 Å². The molecule has 0 fully saturated rings. The van der Waals surface area contributed by atoms with Gasteiger partial charge >= 0.3 is 37.9 Å². The maximum absolute atomic E-state index is 4.93. The third-order valence-corrected chi connectivity index (χ3v) is 12.9. The molecule has 6 aromatic carbocycles. The normalized spacial score (nSPS) is 11.2. The van der Waals surface area contributed by atoms with Gasteiger partial charge in [-0.2, -0.15) is 12.1 Å². The molecule has 0 aliphatic carbocycles. The van der Waals surface area contributed by atoms with E-state index >= 15 is 0 Å². The van der Waals surface area contributed by atoms with Crippen molar-refractivity contribution in [2.75, 3.05) is 0 Å². The Hall–Kier alpha value is -1.79. The molecule has 0 nitrogen and oxygen atoms in total. The van der Waals surface area contributed by atoms with Gasteiger partial charge in [0, 0.05) is 9.52 Å². The van der Waals surface area contributed by atoms with Crippen LogP contribution in [0.3, 0.4) is 0 Å². The monoisotopic (exact) mass is 814 g/mol. The Morgan fingerprint density at radius 2 is 1.02 bits per heavy atom. The summed E-state index contributed by atoms with van der Waals surface area (Å²) in [5.41, 5.74) is 8.22. The van der Waals surface area contributed by atoms with E-state index in [2.05, 4.69) is 182 Å². The van der Waals surface area contributed by atoms with E-state index in [4.69, 9.17) is 17.0 Å². The van der Waals surface area contributed by atoms with Gasteiger partial charge in [-0.25, -0.2) is 0 Å². The second-order valence-corrected chi connectivity index (χ2v) is 29.9. The molecule has 256 valence electrons. The summed E-state index contributed by atoms with van der Waals surface area (Å²) in [6, 6.07) is 41.1. The van der Waals surface area contributed by atoms with Crippen molar-refractivity contribution in [3.63, 3.8) is 0 Å².